The molecule has 2 rings (SSSR count). The van der Waals surface area contributed by atoms with Gasteiger partial charge in [-0.1, -0.05) is 0 Å². The number of sulfone groups is 1. The molecule has 1 heterocycles. The SMILES string of the molecule is COc1ccc(OC[C@H](O)CN2CCS(=O)(=O)CC2)cc1. The van der Waals surface area contributed by atoms with Gasteiger partial charge in [-0.25, -0.2) is 8.42 Å². The second-order valence-electron chi connectivity index (χ2n) is 5.09. The summed E-state index contributed by atoms with van der Waals surface area (Å²) in [5.41, 5.74) is 0. The second kappa shape index (κ2) is 7.11. The van der Waals surface area contributed by atoms with E-state index in [1.54, 1.807) is 31.4 Å². The van der Waals surface area contributed by atoms with Crippen molar-refractivity contribution in [2.24, 2.45) is 0 Å². The van der Waals surface area contributed by atoms with Gasteiger partial charge in [0.15, 0.2) is 9.84 Å². The average molecular weight is 315 g/mol. The summed E-state index contributed by atoms with van der Waals surface area (Å²) in [6, 6.07) is 7.13. The van der Waals surface area contributed by atoms with E-state index in [4.69, 9.17) is 9.47 Å². The van der Waals surface area contributed by atoms with Crippen molar-refractivity contribution in [2.75, 3.05) is 44.9 Å². The number of ether oxygens (including phenoxy) is 2. The van der Waals surface area contributed by atoms with Crippen molar-refractivity contribution < 1.29 is 23.0 Å². The molecule has 0 aromatic heterocycles. The maximum atomic E-state index is 11.3. The van der Waals surface area contributed by atoms with Gasteiger partial charge < -0.3 is 14.6 Å². The molecule has 21 heavy (non-hydrogen) atoms. The van der Waals surface area contributed by atoms with Gasteiger partial charge >= 0.3 is 0 Å². The lowest BCUT2D eigenvalue weighted by molar-refractivity contribution is 0.0710. The predicted molar refractivity (Wildman–Crippen MR) is 79.6 cm³/mol. The summed E-state index contributed by atoms with van der Waals surface area (Å²) in [6.07, 6.45) is -0.645. The van der Waals surface area contributed by atoms with E-state index in [1.165, 1.54) is 0 Å². The summed E-state index contributed by atoms with van der Waals surface area (Å²) in [7, 11) is -1.28. The Hall–Kier alpha value is -1.31. The van der Waals surface area contributed by atoms with Crippen molar-refractivity contribution in [1.82, 2.24) is 4.90 Å². The zero-order chi connectivity index (χ0) is 15.3. The maximum absolute atomic E-state index is 11.3. The number of benzene rings is 1. The van der Waals surface area contributed by atoms with Gasteiger partial charge in [0.05, 0.1) is 18.6 Å². The second-order valence-corrected chi connectivity index (χ2v) is 7.40. The van der Waals surface area contributed by atoms with Crippen LogP contribution in [0.4, 0.5) is 0 Å². The molecular formula is C14H21NO5S. The third kappa shape index (κ3) is 5.18. The van der Waals surface area contributed by atoms with Gasteiger partial charge in [-0.2, -0.15) is 0 Å². The van der Waals surface area contributed by atoms with Crippen molar-refractivity contribution >= 4 is 9.84 Å². The number of β-amino-alcohol motifs (C(OH)–C–C–N with tert-alkyl or cyclic N) is 1. The molecule has 1 aromatic rings. The van der Waals surface area contributed by atoms with Crippen LogP contribution in [0.2, 0.25) is 0 Å². The van der Waals surface area contributed by atoms with Crippen molar-refractivity contribution in [3.63, 3.8) is 0 Å². The summed E-state index contributed by atoms with van der Waals surface area (Å²) in [4.78, 5) is 1.95. The summed E-state index contributed by atoms with van der Waals surface area (Å²) in [5, 5.41) is 9.95. The first-order chi connectivity index (χ1) is 9.98. The lowest BCUT2D eigenvalue weighted by atomic mass is 10.3. The minimum absolute atomic E-state index is 0.166. The molecule has 1 N–H and O–H groups in total. The molecule has 6 nitrogen and oxygen atoms in total. The highest BCUT2D eigenvalue weighted by Crippen LogP contribution is 2.17. The number of hydrogen-bond acceptors (Lipinski definition) is 6. The molecule has 1 fully saturated rings. The third-order valence-electron chi connectivity index (χ3n) is 3.41. The largest absolute Gasteiger partial charge is 0.497 e. The normalized spacial score (nSPS) is 19.9. The van der Waals surface area contributed by atoms with Crippen LogP contribution >= 0.6 is 0 Å². The van der Waals surface area contributed by atoms with E-state index in [0.717, 1.165) is 5.75 Å². The van der Waals surface area contributed by atoms with Crippen LogP contribution in [-0.2, 0) is 9.84 Å². The van der Waals surface area contributed by atoms with Gasteiger partial charge in [-0.05, 0) is 24.3 Å². The molecule has 1 aliphatic heterocycles. The fraction of sp³-hybridized carbons (Fsp3) is 0.571. The third-order valence-corrected chi connectivity index (χ3v) is 5.02. The summed E-state index contributed by atoms with van der Waals surface area (Å²) >= 11 is 0. The van der Waals surface area contributed by atoms with Crippen molar-refractivity contribution in [1.29, 1.82) is 0 Å². The predicted octanol–water partition coefficient (Wildman–Crippen LogP) is 0.165. The zero-order valence-electron chi connectivity index (χ0n) is 12.1. The Balaban J connectivity index is 1.73. The molecule has 0 radical (unpaired) electrons. The maximum Gasteiger partial charge on any atom is 0.152 e. The monoisotopic (exact) mass is 315 g/mol. The molecule has 7 heteroatoms. The van der Waals surface area contributed by atoms with Crippen LogP contribution in [0, 0.1) is 0 Å². The quantitative estimate of drug-likeness (QED) is 0.806. The number of hydrogen-bond donors (Lipinski definition) is 1. The van der Waals surface area contributed by atoms with Crippen molar-refractivity contribution in [2.45, 2.75) is 6.10 Å². The first kappa shape index (κ1) is 16.1. The molecule has 1 aromatic carbocycles. The number of rotatable bonds is 6. The van der Waals surface area contributed by atoms with Crippen molar-refractivity contribution in [3.05, 3.63) is 24.3 Å². The van der Waals surface area contributed by atoms with Crippen LogP contribution in [0.15, 0.2) is 24.3 Å². The number of nitrogens with zero attached hydrogens (tertiary/aromatic N) is 1. The fourth-order valence-corrected chi connectivity index (χ4v) is 3.42. The van der Waals surface area contributed by atoms with Gasteiger partial charge in [0, 0.05) is 19.6 Å². The van der Waals surface area contributed by atoms with Crippen LogP contribution < -0.4 is 9.47 Å². The standard InChI is InChI=1S/C14H21NO5S/c1-19-13-2-4-14(5-3-13)20-11-12(16)10-15-6-8-21(17,18)9-7-15/h2-5,12,16H,6-11H2,1H3/t12-/m1/s1. The lowest BCUT2D eigenvalue weighted by Gasteiger charge is -2.28. The van der Waals surface area contributed by atoms with E-state index in [1.807, 2.05) is 4.90 Å². The first-order valence-electron chi connectivity index (χ1n) is 6.86. The molecule has 0 spiro atoms. The topological polar surface area (TPSA) is 76.1 Å². The number of methoxy groups -OCH3 is 1. The highest BCUT2D eigenvalue weighted by Gasteiger charge is 2.23. The Morgan fingerprint density at radius 2 is 1.76 bits per heavy atom. The minimum atomic E-state index is -2.88. The molecule has 0 unspecified atom stereocenters. The van der Waals surface area contributed by atoms with E-state index >= 15 is 0 Å². The van der Waals surface area contributed by atoms with Crippen LogP contribution in [0.25, 0.3) is 0 Å². The Labute approximate surface area is 125 Å². The van der Waals surface area contributed by atoms with E-state index in [2.05, 4.69) is 0 Å². The molecule has 1 aliphatic rings. The zero-order valence-corrected chi connectivity index (χ0v) is 12.9. The molecular weight excluding hydrogens is 294 g/mol. The molecule has 0 saturated carbocycles. The van der Waals surface area contributed by atoms with Gasteiger partial charge in [-0.3, -0.25) is 4.90 Å². The summed E-state index contributed by atoms with van der Waals surface area (Å²) in [6.45, 7) is 1.55. The van der Waals surface area contributed by atoms with E-state index in [0.29, 0.717) is 25.4 Å². The van der Waals surface area contributed by atoms with Gasteiger partial charge in [0.2, 0.25) is 0 Å². The molecule has 1 atom stereocenters. The Morgan fingerprint density at radius 3 is 2.33 bits per heavy atom. The summed E-state index contributed by atoms with van der Waals surface area (Å²) in [5.74, 6) is 1.74. The summed E-state index contributed by atoms with van der Waals surface area (Å²) < 4.78 is 33.2. The Bertz CT molecular complexity index is 529. The average Bonchev–Trinajstić information content (AvgIpc) is 2.48. The number of aliphatic hydroxyl groups excluding tert-OH is 1. The van der Waals surface area contributed by atoms with E-state index in [-0.39, 0.29) is 18.1 Å². The highest BCUT2D eigenvalue weighted by atomic mass is 32.2. The van der Waals surface area contributed by atoms with Crippen LogP contribution in [0.3, 0.4) is 0 Å². The molecule has 0 amide bonds. The van der Waals surface area contributed by atoms with Crippen LogP contribution in [0.5, 0.6) is 11.5 Å². The van der Waals surface area contributed by atoms with Gasteiger partial charge in [-0.15, -0.1) is 0 Å². The molecule has 1 saturated heterocycles. The van der Waals surface area contributed by atoms with Crippen molar-refractivity contribution in [3.8, 4) is 11.5 Å². The van der Waals surface area contributed by atoms with Gasteiger partial charge in [0.1, 0.15) is 24.2 Å². The van der Waals surface area contributed by atoms with E-state index in [9.17, 15) is 13.5 Å². The van der Waals surface area contributed by atoms with Crippen LogP contribution in [0.1, 0.15) is 0 Å². The van der Waals surface area contributed by atoms with Gasteiger partial charge in [0.25, 0.3) is 0 Å². The first-order valence-corrected chi connectivity index (χ1v) is 8.68. The fourth-order valence-electron chi connectivity index (χ4n) is 2.15. The molecule has 0 bridgehead atoms. The smallest absolute Gasteiger partial charge is 0.152 e. The number of aliphatic hydroxyl groups is 1. The Kier molecular flexibility index (Phi) is 5.44. The van der Waals surface area contributed by atoms with E-state index < -0.39 is 15.9 Å². The lowest BCUT2D eigenvalue weighted by Crippen LogP contribution is -2.44. The Morgan fingerprint density at radius 1 is 1.19 bits per heavy atom. The molecule has 0 aliphatic carbocycles. The van der Waals surface area contributed by atoms with Crippen LogP contribution in [-0.4, -0.2) is 69.4 Å². The molecule has 118 valence electrons. The minimum Gasteiger partial charge on any atom is -0.497 e. The highest BCUT2D eigenvalue weighted by molar-refractivity contribution is 7.91.